The molecule has 2 aliphatic heterocycles. The van der Waals surface area contributed by atoms with Crippen molar-refractivity contribution < 1.29 is 39.7 Å². The smallest absolute Gasteiger partial charge is 0.186 e. The molecule has 0 bridgehead atoms. The van der Waals surface area contributed by atoms with E-state index < -0.39 is 48.8 Å². The van der Waals surface area contributed by atoms with Crippen molar-refractivity contribution in [1.29, 1.82) is 0 Å². The summed E-state index contributed by atoms with van der Waals surface area (Å²) < 4.78 is 16.6. The Balaban J connectivity index is 0.00000105. The van der Waals surface area contributed by atoms with Gasteiger partial charge in [0.2, 0.25) is 0 Å². The van der Waals surface area contributed by atoms with Crippen LogP contribution in [-0.4, -0.2) is 88.3 Å². The lowest BCUT2D eigenvalue weighted by Crippen LogP contribution is -2.59. The SMILES string of the molecule is CC(C)C1C(CO)OC(OC2CC(O)COC2CO)C(O)C1O.CCC. The highest BCUT2D eigenvalue weighted by molar-refractivity contribution is 4.91. The normalized spacial score (nSPS) is 40.8. The van der Waals surface area contributed by atoms with E-state index in [0.29, 0.717) is 0 Å². The molecule has 0 aliphatic carbocycles. The van der Waals surface area contributed by atoms with Gasteiger partial charge in [0.05, 0.1) is 44.2 Å². The van der Waals surface area contributed by atoms with E-state index >= 15 is 0 Å². The zero-order valence-corrected chi connectivity index (χ0v) is 16.2. The van der Waals surface area contributed by atoms with Gasteiger partial charge in [0.1, 0.15) is 12.2 Å². The minimum absolute atomic E-state index is 0.00257. The summed E-state index contributed by atoms with van der Waals surface area (Å²) in [7, 11) is 0. The Labute approximate surface area is 155 Å². The maximum Gasteiger partial charge on any atom is 0.186 e. The maximum absolute atomic E-state index is 10.3. The Morgan fingerprint density at radius 2 is 1.58 bits per heavy atom. The highest BCUT2D eigenvalue weighted by atomic mass is 16.7. The molecule has 0 amide bonds. The molecule has 2 heterocycles. The number of hydrogen-bond acceptors (Lipinski definition) is 8. The van der Waals surface area contributed by atoms with Crippen LogP contribution in [0.25, 0.3) is 0 Å². The van der Waals surface area contributed by atoms with Crippen molar-refractivity contribution >= 4 is 0 Å². The van der Waals surface area contributed by atoms with Crippen molar-refractivity contribution in [2.45, 2.75) is 83.5 Å². The Kier molecular flexibility index (Phi) is 10.5. The van der Waals surface area contributed by atoms with Crippen LogP contribution in [0.5, 0.6) is 0 Å². The standard InChI is InChI=1S/C15H28O8.C3H8/c1-7(2)12-11(5-17)23-15(14(20)13(12)19)22-9-3-8(18)6-21-10(9)4-16;1-3-2/h7-20H,3-6H2,1-2H3;3H2,1-2H3. The van der Waals surface area contributed by atoms with Gasteiger partial charge in [-0.25, -0.2) is 0 Å². The average Bonchev–Trinajstić information content (AvgIpc) is 2.59. The second kappa shape index (κ2) is 11.5. The summed E-state index contributed by atoms with van der Waals surface area (Å²) in [6, 6.07) is 0. The summed E-state index contributed by atoms with van der Waals surface area (Å²) >= 11 is 0. The van der Waals surface area contributed by atoms with Crippen LogP contribution in [0.3, 0.4) is 0 Å². The average molecular weight is 380 g/mol. The van der Waals surface area contributed by atoms with Crippen LogP contribution in [0.1, 0.15) is 40.5 Å². The van der Waals surface area contributed by atoms with Crippen LogP contribution in [0.15, 0.2) is 0 Å². The van der Waals surface area contributed by atoms with Crippen molar-refractivity contribution in [2.75, 3.05) is 19.8 Å². The van der Waals surface area contributed by atoms with E-state index in [0.717, 1.165) is 0 Å². The van der Waals surface area contributed by atoms with E-state index in [1.54, 1.807) is 0 Å². The highest BCUT2D eigenvalue weighted by Gasteiger charge is 2.47. The van der Waals surface area contributed by atoms with E-state index in [4.69, 9.17) is 14.2 Å². The molecule has 26 heavy (non-hydrogen) atoms. The van der Waals surface area contributed by atoms with Gasteiger partial charge in [-0.15, -0.1) is 0 Å². The largest absolute Gasteiger partial charge is 0.394 e. The second-order valence-electron chi connectivity index (χ2n) is 7.35. The van der Waals surface area contributed by atoms with E-state index in [1.165, 1.54) is 6.42 Å². The molecular weight excluding hydrogens is 344 g/mol. The molecule has 0 aromatic rings. The molecule has 8 nitrogen and oxygen atoms in total. The van der Waals surface area contributed by atoms with Crippen molar-refractivity contribution in [3.05, 3.63) is 0 Å². The second-order valence-corrected chi connectivity index (χ2v) is 7.35. The summed E-state index contributed by atoms with van der Waals surface area (Å²) in [5.74, 6) is -0.417. The molecule has 8 unspecified atom stereocenters. The zero-order valence-electron chi connectivity index (χ0n) is 16.2. The molecule has 2 saturated heterocycles. The first-order valence-corrected chi connectivity index (χ1v) is 9.48. The summed E-state index contributed by atoms with van der Waals surface area (Å²) in [4.78, 5) is 0. The molecule has 0 aromatic heterocycles. The van der Waals surface area contributed by atoms with Gasteiger partial charge in [-0.3, -0.25) is 0 Å². The molecule has 2 aliphatic rings. The monoisotopic (exact) mass is 380 g/mol. The first-order valence-electron chi connectivity index (χ1n) is 9.48. The van der Waals surface area contributed by atoms with Crippen LogP contribution in [0.2, 0.25) is 0 Å². The third kappa shape index (κ3) is 6.10. The Morgan fingerprint density at radius 1 is 1.00 bits per heavy atom. The van der Waals surface area contributed by atoms with Gasteiger partial charge in [0.15, 0.2) is 6.29 Å². The summed E-state index contributed by atoms with van der Waals surface area (Å²) in [6.07, 6.45) is -4.79. The lowest BCUT2D eigenvalue weighted by atomic mass is 9.81. The first kappa shape index (κ1) is 23.7. The molecule has 5 N–H and O–H groups in total. The van der Waals surface area contributed by atoms with Gasteiger partial charge < -0.3 is 39.7 Å². The van der Waals surface area contributed by atoms with Gasteiger partial charge in [0.25, 0.3) is 0 Å². The molecule has 0 spiro atoms. The van der Waals surface area contributed by atoms with E-state index in [1.807, 2.05) is 13.8 Å². The number of ether oxygens (including phenoxy) is 3. The van der Waals surface area contributed by atoms with Crippen molar-refractivity contribution in [3.8, 4) is 0 Å². The van der Waals surface area contributed by atoms with Crippen LogP contribution in [-0.2, 0) is 14.2 Å². The number of aliphatic hydroxyl groups is 5. The minimum Gasteiger partial charge on any atom is -0.394 e. The molecule has 8 heteroatoms. The van der Waals surface area contributed by atoms with Crippen LogP contribution >= 0.6 is 0 Å². The molecule has 0 saturated carbocycles. The molecule has 2 fully saturated rings. The lowest BCUT2D eigenvalue weighted by molar-refractivity contribution is -0.321. The molecule has 2 rings (SSSR count). The molecule has 8 atom stereocenters. The molecular formula is C18H36O8. The molecule has 0 aromatic carbocycles. The summed E-state index contributed by atoms with van der Waals surface area (Å²) in [6.45, 7) is 7.51. The zero-order chi connectivity index (χ0) is 19.9. The van der Waals surface area contributed by atoms with Crippen molar-refractivity contribution in [3.63, 3.8) is 0 Å². The molecule has 0 radical (unpaired) electrons. The predicted octanol–water partition coefficient (Wildman–Crippen LogP) is -0.359. The summed E-state index contributed by atoms with van der Waals surface area (Å²) in [5, 5.41) is 49.1. The third-order valence-corrected chi connectivity index (χ3v) is 4.62. The van der Waals surface area contributed by atoms with E-state index in [9.17, 15) is 25.5 Å². The fourth-order valence-corrected chi connectivity index (χ4v) is 3.37. The minimum atomic E-state index is -1.29. The molecule has 156 valence electrons. The predicted molar refractivity (Wildman–Crippen MR) is 94.4 cm³/mol. The van der Waals surface area contributed by atoms with E-state index in [2.05, 4.69) is 13.8 Å². The van der Waals surface area contributed by atoms with Crippen molar-refractivity contribution in [2.24, 2.45) is 11.8 Å². The van der Waals surface area contributed by atoms with Crippen molar-refractivity contribution in [1.82, 2.24) is 0 Å². The number of aliphatic hydroxyl groups excluding tert-OH is 5. The highest BCUT2D eigenvalue weighted by Crippen LogP contribution is 2.33. The fraction of sp³-hybridized carbons (Fsp3) is 1.00. The first-order chi connectivity index (χ1) is 12.3. The third-order valence-electron chi connectivity index (χ3n) is 4.62. The Bertz CT molecular complexity index is 378. The Hall–Kier alpha value is -0.320. The quantitative estimate of drug-likeness (QED) is 0.437. The maximum atomic E-state index is 10.3. The van der Waals surface area contributed by atoms with E-state index in [-0.39, 0.29) is 32.2 Å². The van der Waals surface area contributed by atoms with Gasteiger partial charge >= 0.3 is 0 Å². The van der Waals surface area contributed by atoms with Crippen LogP contribution < -0.4 is 0 Å². The Morgan fingerprint density at radius 3 is 2.08 bits per heavy atom. The number of rotatable bonds is 5. The van der Waals surface area contributed by atoms with Gasteiger partial charge in [-0.1, -0.05) is 34.1 Å². The van der Waals surface area contributed by atoms with Gasteiger partial charge in [-0.2, -0.15) is 0 Å². The lowest BCUT2D eigenvalue weighted by Gasteiger charge is -2.45. The number of hydrogen-bond donors (Lipinski definition) is 5. The van der Waals surface area contributed by atoms with Gasteiger partial charge in [-0.05, 0) is 5.92 Å². The summed E-state index contributed by atoms with van der Waals surface area (Å²) in [5.41, 5.74) is 0. The van der Waals surface area contributed by atoms with Crippen LogP contribution in [0, 0.1) is 11.8 Å². The topological polar surface area (TPSA) is 129 Å². The van der Waals surface area contributed by atoms with Gasteiger partial charge in [0, 0.05) is 12.3 Å². The fourth-order valence-electron chi connectivity index (χ4n) is 3.37. The van der Waals surface area contributed by atoms with Crippen LogP contribution in [0.4, 0.5) is 0 Å².